The molecule has 9 nitrogen and oxygen atoms in total. The SMILES string of the molecule is CC1CN(C(=O)O)CC=C1c1cnc(Cn2ccc3cc(-n4cncn4)ccc32)cn1. The van der Waals surface area contributed by atoms with Crippen molar-refractivity contribution in [2.45, 2.75) is 13.5 Å². The van der Waals surface area contributed by atoms with E-state index in [1.54, 1.807) is 23.4 Å². The monoisotopic (exact) mass is 415 g/mol. The van der Waals surface area contributed by atoms with Crippen LogP contribution in [0.1, 0.15) is 18.3 Å². The van der Waals surface area contributed by atoms with Crippen LogP contribution in [-0.4, -0.2) is 58.5 Å². The zero-order chi connectivity index (χ0) is 21.4. The average Bonchev–Trinajstić information content (AvgIpc) is 3.44. The molecule has 156 valence electrons. The second-order valence-electron chi connectivity index (χ2n) is 7.67. The fraction of sp³-hybridized carbons (Fsp3) is 0.227. The lowest BCUT2D eigenvalue weighted by molar-refractivity contribution is 0.145. The molecule has 5 rings (SSSR count). The van der Waals surface area contributed by atoms with Crippen molar-refractivity contribution in [3.8, 4) is 5.69 Å². The first-order chi connectivity index (χ1) is 15.1. The summed E-state index contributed by atoms with van der Waals surface area (Å²) in [5.74, 6) is 0.0811. The Kier molecular flexibility index (Phi) is 4.70. The number of hydrogen-bond donors (Lipinski definition) is 1. The van der Waals surface area contributed by atoms with Gasteiger partial charge in [-0.05, 0) is 29.8 Å². The van der Waals surface area contributed by atoms with Crippen LogP contribution in [0.15, 0.2) is 61.6 Å². The number of hydrogen-bond acceptors (Lipinski definition) is 5. The Hall–Kier alpha value is -4.01. The highest BCUT2D eigenvalue weighted by Gasteiger charge is 2.23. The van der Waals surface area contributed by atoms with Crippen LogP contribution in [-0.2, 0) is 6.54 Å². The highest BCUT2D eigenvalue weighted by molar-refractivity contribution is 5.82. The number of fused-ring (bicyclic) bond motifs is 1. The molecule has 1 unspecified atom stereocenters. The third kappa shape index (κ3) is 3.65. The van der Waals surface area contributed by atoms with E-state index in [4.69, 9.17) is 5.11 Å². The zero-order valence-corrected chi connectivity index (χ0v) is 17.0. The Balaban J connectivity index is 1.34. The van der Waals surface area contributed by atoms with E-state index in [2.05, 4.69) is 42.8 Å². The molecule has 0 radical (unpaired) electrons. The zero-order valence-electron chi connectivity index (χ0n) is 17.0. The standard InChI is InChI=1S/C22H21N7O2/c1-15-11-28(22(30)31)7-5-19(15)20-10-24-17(9-25-20)12-27-6-4-16-8-18(2-3-21(16)27)29-14-23-13-26-29/h2-6,8-10,13-15H,7,11-12H2,1H3,(H,30,31). The number of carboxylic acid groups (broad SMARTS) is 1. The van der Waals surface area contributed by atoms with Crippen LogP contribution < -0.4 is 0 Å². The van der Waals surface area contributed by atoms with Crippen LogP contribution >= 0.6 is 0 Å². The molecule has 1 aliphatic rings. The van der Waals surface area contributed by atoms with Crippen LogP contribution in [0.3, 0.4) is 0 Å². The van der Waals surface area contributed by atoms with Crippen LogP contribution in [0.2, 0.25) is 0 Å². The van der Waals surface area contributed by atoms with Crippen molar-refractivity contribution in [2.75, 3.05) is 13.1 Å². The maximum absolute atomic E-state index is 11.2. The van der Waals surface area contributed by atoms with Crippen molar-refractivity contribution < 1.29 is 9.90 Å². The molecule has 0 bridgehead atoms. The van der Waals surface area contributed by atoms with Gasteiger partial charge in [-0.1, -0.05) is 13.0 Å². The lowest BCUT2D eigenvalue weighted by Gasteiger charge is -2.28. The normalized spacial score (nSPS) is 16.5. The largest absolute Gasteiger partial charge is 0.465 e. The van der Waals surface area contributed by atoms with Crippen LogP contribution in [0.25, 0.3) is 22.2 Å². The second-order valence-corrected chi connectivity index (χ2v) is 7.67. The lowest BCUT2D eigenvalue weighted by atomic mass is 9.94. The highest BCUT2D eigenvalue weighted by Crippen LogP contribution is 2.26. The number of amides is 1. The van der Waals surface area contributed by atoms with Crippen LogP contribution in [0.4, 0.5) is 4.79 Å². The van der Waals surface area contributed by atoms with Gasteiger partial charge in [-0.2, -0.15) is 5.10 Å². The van der Waals surface area contributed by atoms with Gasteiger partial charge in [-0.3, -0.25) is 9.97 Å². The van der Waals surface area contributed by atoms with E-state index in [0.29, 0.717) is 19.6 Å². The first-order valence-corrected chi connectivity index (χ1v) is 10.0. The van der Waals surface area contributed by atoms with Crippen molar-refractivity contribution in [2.24, 2.45) is 5.92 Å². The molecule has 0 saturated carbocycles. The van der Waals surface area contributed by atoms with Crippen molar-refractivity contribution in [3.05, 3.63) is 73.0 Å². The predicted molar refractivity (Wildman–Crippen MR) is 115 cm³/mol. The summed E-state index contributed by atoms with van der Waals surface area (Å²) in [5.41, 5.74) is 4.77. The molecule has 1 aliphatic heterocycles. The first kappa shape index (κ1) is 19.0. The molecule has 0 spiro atoms. The van der Waals surface area contributed by atoms with Crippen molar-refractivity contribution >= 4 is 22.6 Å². The molecule has 0 fully saturated rings. The number of rotatable bonds is 4. The number of nitrogens with zero attached hydrogens (tertiary/aromatic N) is 7. The van der Waals surface area contributed by atoms with E-state index in [9.17, 15) is 4.79 Å². The third-order valence-corrected chi connectivity index (χ3v) is 5.60. The minimum atomic E-state index is -0.893. The Bertz CT molecular complexity index is 1260. The summed E-state index contributed by atoms with van der Waals surface area (Å²) in [6.45, 7) is 3.47. The van der Waals surface area contributed by atoms with Gasteiger partial charge in [0.1, 0.15) is 12.7 Å². The van der Waals surface area contributed by atoms with Gasteiger partial charge in [0.05, 0.1) is 36.0 Å². The Labute approximate surface area is 178 Å². The van der Waals surface area contributed by atoms with Gasteiger partial charge in [0.15, 0.2) is 0 Å². The van der Waals surface area contributed by atoms with Gasteiger partial charge >= 0.3 is 6.09 Å². The van der Waals surface area contributed by atoms with Gasteiger partial charge in [0, 0.05) is 36.1 Å². The molecule has 1 atom stereocenters. The number of benzene rings is 1. The van der Waals surface area contributed by atoms with Crippen LogP contribution in [0, 0.1) is 5.92 Å². The van der Waals surface area contributed by atoms with E-state index in [1.807, 2.05) is 25.3 Å². The summed E-state index contributed by atoms with van der Waals surface area (Å²) in [5, 5.41) is 14.5. The van der Waals surface area contributed by atoms with E-state index in [-0.39, 0.29) is 5.92 Å². The molecule has 1 amide bonds. The average molecular weight is 415 g/mol. The van der Waals surface area contributed by atoms with E-state index in [0.717, 1.165) is 33.6 Å². The number of aromatic nitrogens is 6. The molecular formula is C22H21N7O2. The predicted octanol–water partition coefficient (Wildman–Crippen LogP) is 3.07. The summed E-state index contributed by atoms with van der Waals surface area (Å²) < 4.78 is 3.87. The topological polar surface area (TPSA) is 102 Å². The summed E-state index contributed by atoms with van der Waals surface area (Å²) in [4.78, 5) is 25.8. The van der Waals surface area contributed by atoms with Crippen molar-refractivity contribution in [1.29, 1.82) is 0 Å². The third-order valence-electron chi connectivity index (χ3n) is 5.60. The van der Waals surface area contributed by atoms with Gasteiger partial charge in [0.2, 0.25) is 0 Å². The van der Waals surface area contributed by atoms with E-state index in [1.165, 1.54) is 11.2 Å². The second kappa shape index (κ2) is 7.67. The Morgan fingerprint density at radius 3 is 2.84 bits per heavy atom. The molecule has 1 N–H and O–H groups in total. The molecule has 0 saturated heterocycles. The van der Waals surface area contributed by atoms with Crippen molar-refractivity contribution in [3.63, 3.8) is 0 Å². The Morgan fingerprint density at radius 2 is 2.13 bits per heavy atom. The maximum Gasteiger partial charge on any atom is 0.407 e. The summed E-state index contributed by atoms with van der Waals surface area (Å²) in [6.07, 6.45) is 9.84. The summed E-state index contributed by atoms with van der Waals surface area (Å²) >= 11 is 0. The van der Waals surface area contributed by atoms with E-state index < -0.39 is 6.09 Å². The van der Waals surface area contributed by atoms with Crippen molar-refractivity contribution in [1.82, 2.24) is 34.2 Å². The fourth-order valence-electron chi connectivity index (χ4n) is 4.00. The first-order valence-electron chi connectivity index (χ1n) is 10.0. The lowest BCUT2D eigenvalue weighted by Crippen LogP contribution is -2.37. The molecule has 0 aliphatic carbocycles. The van der Waals surface area contributed by atoms with Gasteiger partial charge in [-0.15, -0.1) is 0 Å². The van der Waals surface area contributed by atoms with Crippen LogP contribution in [0.5, 0.6) is 0 Å². The molecule has 4 aromatic rings. The van der Waals surface area contributed by atoms with E-state index >= 15 is 0 Å². The molecule has 4 heterocycles. The van der Waals surface area contributed by atoms with Gasteiger partial charge < -0.3 is 14.6 Å². The molecule has 31 heavy (non-hydrogen) atoms. The minimum absolute atomic E-state index is 0.0811. The highest BCUT2D eigenvalue weighted by atomic mass is 16.4. The number of carbonyl (C=O) groups is 1. The molecule has 9 heteroatoms. The Morgan fingerprint density at radius 1 is 1.23 bits per heavy atom. The quantitative estimate of drug-likeness (QED) is 0.550. The maximum atomic E-state index is 11.2. The summed E-state index contributed by atoms with van der Waals surface area (Å²) in [7, 11) is 0. The molecule has 3 aromatic heterocycles. The van der Waals surface area contributed by atoms with Gasteiger partial charge in [-0.25, -0.2) is 14.5 Å². The minimum Gasteiger partial charge on any atom is -0.465 e. The molecular weight excluding hydrogens is 394 g/mol. The molecule has 1 aromatic carbocycles. The smallest absolute Gasteiger partial charge is 0.407 e. The fourth-order valence-corrected chi connectivity index (χ4v) is 4.00. The summed E-state index contributed by atoms with van der Waals surface area (Å²) in [6, 6.07) is 8.23. The van der Waals surface area contributed by atoms with Gasteiger partial charge in [0.25, 0.3) is 0 Å².